The van der Waals surface area contributed by atoms with Crippen LogP contribution in [0, 0.1) is 0 Å². The number of ether oxygens (including phenoxy) is 2. The highest BCUT2D eigenvalue weighted by Crippen LogP contribution is 2.46. The molecule has 2 atom stereocenters. The summed E-state index contributed by atoms with van der Waals surface area (Å²) in [5.41, 5.74) is 1.89. The Labute approximate surface area is 210 Å². The Hall–Kier alpha value is -4.14. The lowest BCUT2D eigenvalue weighted by Gasteiger charge is -2.43. The molecule has 4 heterocycles. The Balaban J connectivity index is 1.53. The van der Waals surface area contributed by atoms with Gasteiger partial charge in [-0.2, -0.15) is 0 Å². The predicted molar refractivity (Wildman–Crippen MR) is 134 cm³/mol. The first-order valence-corrected chi connectivity index (χ1v) is 11.9. The first-order chi connectivity index (χ1) is 17.5. The van der Waals surface area contributed by atoms with Gasteiger partial charge in [-0.15, -0.1) is 0 Å². The van der Waals surface area contributed by atoms with Crippen molar-refractivity contribution in [3.05, 3.63) is 77.7 Å². The first-order valence-electron chi connectivity index (χ1n) is 11.9. The van der Waals surface area contributed by atoms with Crippen LogP contribution in [0.5, 0.6) is 11.5 Å². The van der Waals surface area contributed by atoms with Gasteiger partial charge in [0.1, 0.15) is 5.82 Å². The summed E-state index contributed by atoms with van der Waals surface area (Å²) in [5, 5.41) is 0. The molecule has 1 saturated heterocycles. The van der Waals surface area contributed by atoms with Crippen molar-refractivity contribution >= 4 is 17.6 Å². The molecule has 0 bridgehead atoms. The van der Waals surface area contributed by atoms with E-state index < -0.39 is 12.0 Å². The van der Waals surface area contributed by atoms with Gasteiger partial charge in [0.15, 0.2) is 11.5 Å². The summed E-state index contributed by atoms with van der Waals surface area (Å²) >= 11 is 0. The molecule has 0 N–H and O–H groups in total. The minimum Gasteiger partial charge on any atom is -0.493 e. The monoisotopic (exact) mass is 487 g/mol. The fourth-order valence-corrected chi connectivity index (χ4v) is 5.18. The number of fused-ring (bicyclic) bond motifs is 1. The Bertz CT molecular complexity index is 1250. The number of carbonyl (C=O) groups excluding carboxylic acids is 2. The third kappa shape index (κ3) is 4.10. The molecule has 2 aliphatic rings. The molecule has 3 aromatic rings. The third-order valence-corrected chi connectivity index (χ3v) is 7.03. The molecule has 9 heteroatoms. The molecule has 9 nitrogen and oxygen atoms in total. The second-order valence-electron chi connectivity index (χ2n) is 8.92. The van der Waals surface area contributed by atoms with E-state index in [1.54, 1.807) is 49.8 Å². The van der Waals surface area contributed by atoms with Crippen molar-refractivity contribution in [1.82, 2.24) is 19.8 Å². The molecule has 1 aromatic carbocycles. The number of methoxy groups -OCH3 is 2. The van der Waals surface area contributed by atoms with Crippen molar-refractivity contribution in [3.8, 4) is 11.5 Å². The number of aromatic nitrogens is 2. The number of amides is 2. The first kappa shape index (κ1) is 23.6. The number of pyridine rings is 2. The maximum absolute atomic E-state index is 14.2. The van der Waals surface area contributed by atoms with E-state index in [0.29, 0.717) is 48.8 Å². The van der Waals surface area contributed by atoms with Gasteiger partial charge in [0.25, 0.3) is 5.91 Å². The lowest BCUT2D eigenvalue weighted by molar-refractivity contribution is -0.134. The Kier molecular flexibility index (Phi) is 6.45. The minimum atomic E-state index is -0.617. The molecule has 1 fully saturated rings. The molecule has 2 aliphatic heterocycles. The van der Waals surface area contributed by atoms with Gasteiger partial charge in [-0.1, -0.05) is 12.1 Å². The third-order valence-electron chi connectivity index (χ3n) is 7.03. The van der Waals surface area contributed by atoms with Crippen molar-refractivity contribution in [2.24, 2.45) is 0 Å². The fourth-order valence-electron chi connectivity index (χ4n) is 5.18. The summed E-state index contributed by atoms with van der Waals surface area (Å²) in [7, 11) is 4.82. The maximum Gasteiger partial charge on any atom is 0.254 e. The summed E-state index contributed by atoms with van der Waals surface area (Å²) in [6.45, 7) is 2.49. The van der Waals surface area contributed by atoms with Gasteiger partial charge in [-0.25, -0.2) is 4.98 Å². The lowest BCUT2D eigenvalue weighted by Crippen LogP contribution is -2.53. The number of likely N-dealkylation sites (N-methyl/N-ethyl adjacent to an activating group) is 1. The van der Waals surface area contributed by atoms with Crippen molar-refractivity contribution in [2.45, 2.75) is 12.0 Å². The molecule has 2 aromatic heterocycles. The van der Waals surface area contributed by atoms with Crippen LogP contribution < -0.4 is 14.4 Å². The van der Waals surface area contributed by atoms with Gasteiger partial charge < -0.3 is 24.2 Å². The molecule has 0 unspecified atom stereocenters. The van der Waals surface area contributed by atoms with Crippen LogP contribution in [-0.2, 0) is 4.79 Å². The molecule has 0 saturated carbocycles. The van der Waals surface area contributed by atoms with Crippen LogP contribution in [0.15, 0.2) is 61.1 Å². The average Bonchev–Trinajstić information content (AvgIpc) is 2.94. The molecule has 5 rings (SSSR count). The zero-order valence-electron chi connectivity index (χ0n) is 20.6. The standard InChI is InChI=1S/C27H29N5O4/c1-30-25(18-7-6-9-28-17-18)24(19-15-21(35-2)22(36-3)16-20(19)26(30)33)27(34)32-13-11-31(12-14-32)23-8-4-5-10-29-23/h4-10,15-17,24-25H,11-14H2,1-3H3/t24-,25+/m0/s1. The van der Waals surface area contributed by atoms with Gasteiger partial charge in [0, 0.05) is 57.4 Å². The summed E-state index contributed by atoms with van der Waals surface area (Å²) in [6.07, 6.45) is 5.18. The molecule has 0 radical (unpaired) electrons. The number of nitrogens with zero attached hydrogens (tertiary/aromatic N) is 5. The van der Waals surface area contributed by atoms with Crippen LogP contribution >= 0.6 is 0 Å². The molecule has 0 aliphatic carbocycles. The molecule has 2 amide bonds. The van der Waals surface area contributed by atoms with Crippen LogP contribution in [0.1, 0.15) is 33.4 Å². The van der Waals surface area contributed by atoms with Gasteiger partial charge in [-0.3, -0.25) is 14.6 Å². The Morgan fingerprint density at radius 3 is 2.36 bits per heavy atom. The van der Waals surface area contributed by atoms with Gasteiger partial charge >= 0.3 is 0 Å². The fraction of sp³-hybridized carbons (Fsp3) is 0.333. The van der Waals surface area contributed by atoms with Crippen molar-refractivity contribution < 1.29 is 19.1 Å². The van der Waals surface area contributed by atoms with E-state index in [9.17, 15) is 9.59 Å². The number of hydrogen-bond donors (Lipinski definition) is 0. The SMILES string of the molecule is COc1cc2c(cc1OC)[C@H](C(=O)N1CCN(c3ccccn3)CC1)[C@@H](c1cccnc1)N(C)C2=O. The van der Waals surface area contributed by atoms with Gasteiger partial charge in [0.2, 0.25) is 5.91 Å². The number of carbonyl (C=O) groups is 2. The normalized spacial score (nSPS) is 19.6. The second-order valence-corrected chi connectivity index (χ2v) is 8.92. The molecule has 186 valence electrons. The summed E-state index contributed by atoms with van der Waals surface area (Å²) in [6, 6.07) is 12.5. The second kappa shape index (κ2) is 9.85. The van der Waals surface area contributed by atoms with Crippen molar-refractivity contribution in [1.29, 1.82) is 0 Å². The van der Waals surface area contributed by atoms with Crippen LogP contribution in [0.2, 0.25) is 0 Å². The topological polar surface area (TPSA) is 88.1 Å². The van der Waals surface area contributed by atoms with Crippen molar-refractivity contribution in [2.75, 3.05) is 52.3 Å². The highest BCUT2D eigenvalue weighted by molar-refractivity contribution is 6.02. The van der Waals surface area contributed by atoms with E-state index in [0.717, 1.165) is 11.4 Å². The molecule has 0 spiro atoms. The maximum atomic E-state index is 14.2. The van der Waals surface area contributed by atoms with E-state index >= 15 is 0 Å². The predicted octanol–water partition coefficient (Wildman–Crippen LogP) is 2.75. The number of hydrogen-bond acceptors (Lipinski definition) is 7. The Morgan fingerprint density at radius 1 is 0.972 bits per heavy atom. The quantitative estimate of drug-likeness (QED) is 0.547. The highest BCUT2D eigenvalue weighted by Gasteiger charge is 2.45. The van der Waals surface area contributed by atoms with E-state index in [-0.39, 0.29) is 11.8 Å². The number of piperazine rings is 1. The van der Waals surface area contributed by atoms with E-state index in [4.69, 9.17) is 9.47 Å². The van der Waals surface area contributed by atoms with E-state index in [2.05, 4.69) is 14.9 Å². The number of benzene rings is 1. The Morgan fingerprint density at radius 2 is 1.72 bits per heavy atom. The van der Waals surface area contributed by atoms with Crippen LogP contribution in [-0.4, -0.2) is 79.0 Å². The highest BCUT2D eigenvalue weighted by atomic mass is 16.5. The number of anilines is 1. The van der Waals surface area contributed by atoms with Crippen LogP contribution in [0.4, 0.5) is 5.82 Å². The number of rotatable bonds is 5. The van der Waals surface area contributed by atoms with Crippen LogP contribution in [0.3, 0.4) is 0 Å². The van der Waals surface area contributed by atoms with Crippen LogP contribution in [0.25, 0.3) is 0 Å². The van der Waals surface area contributed by atoms with Gasteiger partial charge in [-0.05, 0) is 41.5 Å². The summed E-state index contributed by atoms with van der Waals surface area (Å²) in [5.74, 6) is 1.02. The average molecular weight is 488 g/mol. The smallest absolute Gasteiger partial charge is 0.254 e. The molecular weight excluding hydrogens is 458 g/mol. The zero-order valence-corrected chi connectivity index (χ0v) is 20.6. The summed E-state index contributed by atoms with van der Waals surface area (Å²) < 4.78 is 11.0. The van der Waals surface area contributed by atoms with Crippen molar-refractivity contribution in [3.63, 3.8) is 0 Å². The summed E-state index contributed by atoms with van der Waals surface area (Å²) in [4.78, 5) is 42.1. The minimum absolute atomic E-state index is 0.0302. The zero-order chi connectivity index (χ0) is 25.2. The van der Waals surface area contributed by atoms with E-state index in [1.165, 1.54) is 7.11 Å². The molecule has 36 heavy (non-hydrogen) atoms. The van der Waals surface area contributed by atoms with Gasteiger partial charge in [0.05, 0.1) is 26.2 Å². The molecular formula is C27H29N5O4. The largest absolute Gasteiger partial charge is 0.493 e. The van der Waals surface area contributed by atoms with E-state index in [1.807, 2.05) is 35.2 Å². The lowest BCUT2D eigenvalue weighted by atomic mass is 9.79.